The van der Waals surface area contributed by atoms with Gasteiger partial charge in [0.15, 0.2) is 0 Å². The molecule has 0 atom stereocenters. The number of aryl methyl sites for hydroxylation is 1. The van der Waals surface area contributed by atoms with Crippen LogP contribution in [0.2, 0.25) is 0 Å². The number of nitrogens with zero attached hydrogens (tertiary/aromatic N) is 2. The zero-order valence-electron chi connectivity index (χ0n) is 17.6. The van der Waals surface area contributed by atoms with E-state index >= 15 is 0 Å². The van der Waals surface area contributed by atoms with Gasteiger partial charge < -0.3 is 10.3 Å². The Morgan fingerprint density at radius 2 is 1.87 bits per heavy atom. The number of pyridine rings is 1. The van der Waals surface area contributed by atoms with Crippen LogP contribution >= 0.6 is 0 Å². The quantitative estimate of drug-likeness (QED) is 0.595. The van der Waals surface area contributed by atoms with E-state index in [0.717, 1.165) is 12.5 Å². The highest BCUT2D eigenvalue weighted by molar-refractivity contribution is 5.78. The minimum absolute atomic E-state index is 0.100. The van der Waals surface area contributed by atoms with Crippen molar-refractivity contribution in [2.45, 2.75) is 51.4 Å². The number of hydrogen-bond donors (Lipinski definition) is 1. The highest BCUT2D eigenvalue weighted by Gasteiger charge is 2.62. The van der Waals surface area contributed by atoms with E-state index in [4.69, 9.17) is 10.3 Å². The van der Waals surface area contributed by atoms with Gasteiger partial charge in [-0.05, 0) is 37.8 Å². The number of halogens is 3. The molecule has 2 aromatic heterocycles. The molecule has 0 unspecified atom stereocenters. The molecule has 8 heteroatoms. The zero-order chi connectivity index (χ0) is 22.8. The molecule has 1 aromatic carbocycles. The summed E-state index contributed by atoms with van der Waals surface area (Å²) in [5.74, 6) is -2.52. The molecule has 0 spiro atoms. The van der Waals surface area contributed by atoms with E-state index in [1.165, 1.54) is 19.2 Å². The van der Waals surface area contributed by atoms with Crippen molar-refractivity contribution in [2.24, 2.45) is 0 Å². The summed E-state index contributed by atoms with van der Waals surface area (Å²) in [6, 6.07) is 9.96. The minimum Gasteiger partial charge on any atom is -0.384 e. The third-order valence-electron chi connectivity index (χ3n) is 5.28. The molecule has 0 aliphatic heterocycles. The van der Waals surface area contributed by atoms with E-state index in [1.807, 2.05) is 12.1 Å². The molecule has 0 bridgehead atoms. The number of carbonyl (C=O) groups excluding carboxylic acids is 1. The molecule has 5 nitrogen and oxygen atoms in total. The monoisotopic (exact) mass is 431 g/mol. The third kappa shape index (κ3) is 5.13. The molecule has 0 amide bonds. The summed E-state index contributed by atoms with van der Waals surface area (Å²) in [5, 5.41) is 3.63. The van der Waals surface area contributed by atoms with Crippen LogP contribution in [-0.4, -0.2) is 21.8 Å². The second kappa shape index (κ2) is 8.53. The molecule has 1 fully saturated rings. The fourth-order valence-electron chi connectivity index (χ4n) is 3.36. The van der Waals surface area contributed by atoms with Gasteiger partial charge in [0.1, 0.15) is 23.2 Å². The van der Waals surface area contributed by atoms with Gasteiger partial charge in [-0.1, -0.05) is 29.4 Å². The maximum absolute atomic E-state index is 13.7. The Morgan fingerprint density at radius 1 is 1.23 bits per heavy atom. The maximum Gasteiger partial charge on any atom is 0.258 e. The van der Waals surface area contributed by atoms with Crippen LogP contribution in [0.5, 0.6) is 0 Å². The molecule has 0 saturated heterocycles. The lowest BCUT2D eigenvalue weighted by Gasteiger charge is -2.19. The van der Waals surface area contributed by atoms with Gasteiger partial charge in [0, 0.05) is 37.2 Å². The predicted molar refractivity (Wildman–Crippen MR) is 111 cm³/mol. The lowest BCUT2D eigenvalue weighted by atomic mass is 9.96. The number of aromatic nitrogens is 2. The van der Waals surface area contributed by atoms with Gasteiger partial charge in [0.05, 0.1) is 11.1 Å². The Hall–Kier alpha value is -3.16. The number of ketones is 1. The van der Waals surface area contributed by atoms with Crippen LogP contribution < -0.4 is 5.73 Å². The number of carbonyl (C=O) groups is 1. The van der Waals surface area contributed by atoms with Crippen LogP contribution in [0.1, 0.15) is 43.7 Å². The van der Waals surface area contributed by atoms with E-state index in [1.54, 1.807) is 25.1 Å². The average Bonchev–Trinajstić information content (AvgIpc) is 3.39. The third-order valence-corrected chi connectivity index (χ3v) is 5.28. The average molecular weight is 431 g/mol. The van der Waals surface area contributed by atoms with Crippen molar-refractivity contribution in [1.82, 2.24) is 10.1 Å². The lowest BCUT2D eigenvalue weighted by molar-refractivity contribution is -0.116. The first-order valence-electron chi connectivity index (χ1n) is 9.83. The Morgan fingerprint density at radius 3 is 2.32 bits per heavy atom. The van der Waals surface area contributed by atoms with Crippen LogP contribution in [0, 0.1) is 12.7 Å². The first kappa shape index (κ1) is 22.5. The molecule has 31 heavy (non-hydrogen) atoms. The van der Waals surface area contributed by atoms with Crippen molar-refractivity contribution in [3.8, 4) is 11.1 Å². The van der Waals surface area contributed by atoms with Gasteiger partial charge >= 0.3 is 0 Å². The number of nitrogen functional groups attached to an aromatic ring is 1. The molecule has 3 aromatic rings. The predicted octanol–water partition coefficient (Wildman–Crippen LogP) is 5.27. The van der Waals surface area contributed by atoms with E-state index in [2.05, 4.69) is 10.1 Å². The summed E-state index contributed by atoms with van der Waals surface area (Å²) in [4.78, 5) is 14.8. The van der Waals surface area contributed by atoms with Gasteiger partial charge in [-0.3, -0.25) is 4.79 Å². The zero-order valence-corrected chi connectivity index (χ0v) is 17.6. The van der Waals surface area contributed by atoms with Crippen LogP contribution in [-0.2, 0) is 16.6 Å². The smallest absolute Gasteiger partial charge is 0.258 e. The Balaban J connectivity index is 0.000000185. The molecule has 2 N–H and O–H groups in total. The Kier molecular flexibility index (Phi) is 6.20. The largest absolute Gasteiger partial charge is 0.384 e. The van der Waals surface area contributed by atoms with Gasteiger partial charge in [0.25, 0.3) is 5.92 Å². The number of anilines is 1. The van der Waals surface area contributed by atoms with Crippen LogP contribution in [0.4, 0.5) is 19.0 Å². The molecule has 2 heterocycles. The number of Topliss-reactive ketones (excluding diaryl/α,β-unsaturated/α-hetero) is 1. The summed E-state index contributed by atoms with van der Waals surface area (Å²) >= 11 is 0. The van der Waals surface area contributed by atoms with Crippen molar-refractivity contribution >= 4 is 11.6 Å². The van der Waals surface area contributed by atoms with Crippen LogP contribution in [0.25, 0.3) is 11.1 Å². The first-order valence-corrected chi connectivity index (χ1v) is 9.83. The summed E-state index contributed by atoms with van der Waals surface area (Å²) < 4.78 is 44.9. The van der Waals surface area contributed by atoms with Crippen molar-refractivity contribution < 1.29 is 22.5 Å². The van der Waals surface area contributed by atoms with Gasteiger partial charge in [-0.25, -0.2) is 18.2 Å². The molecule has 164 valence electrons. The molecule has 1 saturated carbocycles. The van der Waals surface area contributed by atoms with Gasteiger partial charge in [-0.2, -0.15) is 0 Å². The van der Waals surface area contributed by atoms with Gasteiger partial charge in [-0.15, -0.1) is 0 Å². The van der Waals surface area contributed by atoms with Crippen molar-refractivity contribution in [3.05, 3.63) is 65.4 Å². The maximum atomic E-state index is 13.7. The van der Waals surface area contributed by atoms with E-state index in [9.17, 15) is 18.0 Å². The second-order valence-corrected chi connectivity index (χ2v) is 7.97. The fourth-order valence-corrected chi connectivity index (χ4v) is 3.36. The Bertz CT molecular complexity index is 1070. The van der Waals surface area contributed by atoms with Gasteiger partial charge in [0.2, 0.25) is 0 Å². The molecule has 0 radical (unpaired) electrons. The highest BCUT2D eigenvalue weighted by Crippen LogP contribution is 2.58. The normalized spacial score (nSPS) is 14.5. The minimum atomic E-state index is -2.71. The number of alkyl halides is 2. The van der Waals surface area contributed by atoms with E-state index < -0.39 is 17.2 Å². The fraction of sp³-hybridized carbons (Fsp3) is 0.348. The topological polar surface area (TPSA) is 82.0 Å². The van der Waals surface area contributed by atoms with Crippen molar-refractivity contribution in [3.63, 3.8) is 0 Å². The molecular weight excluding hydrogens is 407 g/mol. The number of benzene rings is 1. The first-order chi connectivity index (χ1) is 14.5. The number of nitrogens with two attached hydrogens (primary N) is 1. The summed E-state index contributed by atoms with van der Waals surface area (Å²) in [5.41, 5.74) is 7.02. The number of rotatable bonds is 5. The van der Waals surface area contributed by atoms with Crippen molar-refractivity contribution in [2.75, 3.05) is 5.73 Å². The van der Waals surface area contributed by atoms with E-state index in [0.29, 0.717) is 41.8 Å². The standard InChI is InChI=1S/C14H13FN2O.C9H11F2NO/c1-9(18)6-10-2-4-11(5-3-10)12-8-17-14(16)7-13(12)15;1-6-5-7(13-12-6)9(3-4-9)8(2,10)11/h2-5,7-8H,6H2,1H3,(H2,16,17);5H,3-4H2,1-2H3. The SMILES string of the molecule is CC(=O)Cc1ccc(-c2cnc(N)cc2F)cc1.Cc1cc(C2(C(C)(F)F)CC2)on1. The molecule has 4 rings (SSSR count). The second-order valence-electron chi connectivity index (χ2n) is 7.97. The molecule has 1 aliphatic rings. The molecular formula is C23H24F3N3O2. The summed E-state index contributed by atoms with van der Waals surface area (Å²) in [7, 11) is 0. The number of hydrogen-bond acceptors (Lipinski definition) is 5. The summed E-state index contributed by atoms with van der Waals surface area (Å²) in [6.07, 6.45) is 2.78. The van der Waals surface area contributed by atoms with Crippen LogP contribution in [0.15, 0.2) is 47.1 Å². The highest BCUT2D eigenvalue weighted by atomic mass is 19.3. The van der Waals surface area contributed by atoms with E-state index in [-0.39, 0.29) is 11.6 Å². The van der Waals surface area contributed by atoms with Crippen LogP contribution in [0.3, 0.4) is 0 Å². The Labute approximate surface area is 178 Å². The summed E-state index contributed by atoms with van der Waals surface area (Å²) in [6.45, 7) is 4.21. The van der Waals surface area contributed by atoms with Crippen molar-refractivity contribution in [1.29, 1.82) is 0 Å². The molecule has 1 aliphatic carbocycles. The lowest BCUT2D eigenvalue weighted by Crippen LogP contribution is -2.29.